The van der Waals surface area contributed by atoms with Crippen LogP contribution in [0.2, 0.25) is 0 Å². The topological polar surface area (TPSA) is 45.4 Å². The minimum atomic E-state index is 0.488. The average molecular weight is 220 g/mol. The molecule has 1 aliphatic heterocycles. The number of likely N-dealkylation sites (N-methyl/N-ethyl adjacent to an activating group) is 1. The fourth-order valence-corrected chi connectivity index (χ4v) is 2.30. The molecule has 1 unspecified atom stereocenters. The lowest BCUT2D eigenvalue weighted by Crippen LogP contribution is -2.38. The predicted molar refractivity (Wildman–Crippen MR) is 67.6 cm³/mol. The molecule has 88 valence electrons. The van der Waals surface area contributed by atoms with E-state index in [4.69, 9.17) is 5.73 Å². The number of hydrogen-bond acceptors (Lipinski definition) is 4. The van der Waals surface area contributed by atoms with Crippen molar-refractivity contribution < 1.29 is 0 Å². The Bertz CT molecular complexity index is 353. The van der Waals surface area contributed by atoms with Crippen LogP contribution < -0.4 is 10.6 Å². The molecule has 2 N–H and O–H groups in total. The summed E-state index contributed by atoms with van der Waals surface area (Å²) in [6, 6.07) is 4.28. The van der Waals surface area contributed by atoms with Gasteiger partial charge < -0.3 is 15.5 Å². The van der Waals surface area contributed by atoms with Gasteiger partial charge in [0, 0.05) is 37.1 Å². The van der Waals surface area contributed by atoms with E-state index in [9.17, 15) is 0 Å². The Kier molecular flexibility index (Phi) is 3.29. The molecular weight excluding hydrogens is 200 g/mol. The second-order valence-corrected chi connectivity index (χ2v) is 4.61. The summed E-state index contributed by atoms with van der Waals surface area (Å²) in [7, 11) is 2.17. The maximum atomic E-state index is 5.80. The van der Waals surface area contributed by atoms with E-state index >= 15 is 0 Å². The lowest BCUT2D eigenvalue weighted by atomic mass is 10.2. The fraction of sp³-hybridized carbons (Fsp3) is 0.583. The van der Waals surface area contributed by atoms with E-state index in [0.29, 0.717) is 6.04 Å². The predicted octanol–water partition coefficient (Wildman–Crippen LogP) is 1.19. The molecule has 0 aliphatic carbocycles. The van der Waals surface area contributed by atoms with Crippen LogP contribution in [0.1, 0.15) is 13.3 Å². The van der Waals surface area contributed by atoms with Crippen molar-refractivity contribution in [1.29, 1.82) is 0 Å². The summed E-state index contributed by atoms with van der Waals surface area (Å²) in [4.78, 5) is 9.13. The lowest BCUT2D eigenvalue weighted by Gasteiger charge is -2.29. The molecule has 16 heavy (non-hydrogen) atoms. The zero-order chi connectivity index (χ0) is 11.5. The summed E-state index contributed by atoms with van der Waals surface area (Å²) in [6.45, 7) is 5.54. The third kappa shape index (κ3) is 2.44. The Morgan fingerprint density at radius 1 is 1.44 bits per heavy atom. The highest BCUT2D eigenvalue weighted by Crippen LogP contribution is 2.19. The van der Waals surface area contributed by atoms with Crippen LogP contribution in [0.25, 0.3) is 0 Å². The van der Waals surface area contributed by atoms with Crippen molar-refractivity contribution in [2.75, 3.05) is 37.3 Å². The van der Waals surface area contributed by atoms with Crippen LogP contribution in [0, 0.1) is 0 Å². The first-order chi connectivity index (χ1) is 7.66. The quantitative estimate of drug-likeness (QED) is 0.772. The minimum Gasteiger partial charge on any atom is -0.399 e. The number of nitrogens with two attached hydrogens (primary N) is 1. The summed E-state index contributed by atoms with van der Waals surface area (Å²) in [5.41, 5.74) is 6.59. The normalized spacial score (nSPS) is 23.1. The molecule has 1 aliphatic rings. The van der Waals surface area contributed by atoms with Gasteiger partial charge in [0.05, 0.1) is 0 Å². The molecule has 2 rings (SSSR count). The largest absolute Gasteiger partial charge is 0.399 e. The Hall–Kier alpha value is -1.29. The van der Waals surface area contributed by atoms with Crippen LogP contribution in [0.4, 0.5) is 11.5 Å². The first kappa shape index (κ1) is 11.2. The van der Waals surface area contributed by atoms with Crippen molar-refractivity contribution in [1.82, 2.24) is 9.88 Å². The number of hydrogen-bond donors (Lipinski definition) is 1. The molecule has 4 heteroatoms. The van der Waals surface area contributed by atoms with E-state index < -0.39 is 0 Å². The van der Waals surface area contributed by atoms with E-state index in [-0.39, 0.29) is 0 Å². The van der Waals surface area contributed by atoms with Crippen molar-refractivity contribution in [3.05, 3.63) is 18.3 Å². The average Bonchev–Trinajstić information content (AvgIpc) is 2.39. The van der Waals surface area contributed by atoms with Crippen LogP contribution in [-0.2, 0) is 0 Å². The van der Waals surface area contributed by atoms with E-state index in [2.05, 4.69) is 28.8 Å². The third-order valence-corrected chi connectivity index (χ3v) is 3.11. The number of rotatable bonds is 1. The summed E-state index contributed by atoms with van der Waals surface area (Å²) in [5, 5.41) is 0. The molecule has 1 aromatic heterocycles. The van der Waals surface area contributed by atoms with Gasteiger partial charge in [0.1, 0.15) is 5.82 Å². The van der Waals surface area contributed by atoms with Crippen molar-refractivity contribution >= 4 is 11.5 Å². The molecule has 0 spiro atoms. The van der Waals surface area contributed by atoms with Crippen LogP contribution in [0.15, 0.2) is 18.3 Å². The van der Waals surface area contributed by atoms with E-state index in [1.165, 1.54) is 6.42 Å². The first-order valence-electron chi connectivity index (χ1n) is 5.83. The van der Waals surface area contributed by atoms with E-state index in [0.717, 1.165) is 31.1 Å². The summed E-state index contributed by atoms with van der Waals surface area (Å²) in [6.07, 6.45) is 2.96. The standard InChI is InChI=1S/C12H20N4/c1-10-9-15(2)6-3-7-16(10)12-8-11(13)4-5-14-12/h4-5,8,10H,3,6-7,9H2,1-2H3,(H2,13,14). The number of anilines is 2. The van der Waals surface area contributed by atoms with Gasteiger partial charge in [-0.2, -0.15) is 0 Å². The SMILES string of the molecule is CC1CN(C)CCCN1c1cc(N)ccn1. The van der Waals surface area contributed by atoms with Gasteiger partial charge in [-0.3, -0.25) is 0 Å². The maximum Gasteiger partial charge on any atom is 0.130 e. The summed E-state index contributed by atoms with van der Waals surface area (Å²) in [5.74, 6) is 1.00. The zero-order valence-corrected chi connectivity index (χ0v) is 10.1. The number of nitrogen functional groups attached to an aromatic ring is 1. The van der Waals surface area contributed by atoms with Crippen LogP contribution in [0.5, 0.6) is 0 Å². The molecule has 0 bridgehead atoms. The lowest BCUT2D eigenvalue weighted by molar-refractivity contribution is 0.337. The summed E-state index contributed by atoms with van der Waals surface area (Å²) >= 11 is 0. The van der Waals surface area contributed by atoms with Crippen molar-refractivity contribution in [3.63, 3.8) is 0 Å². The van der Waals surface area contributed by atoms with Gasteiger partial charge >= 0.3 is 0 Å². The van der Waals surface area contributed by atoms with Crippen molar-refractivity contribution in [3.8, 4) is 0 Å². The zero-order valence-electron chi connectivity index (χ0n) is 10.1. The Morgan fingerprint density at radius 3 is 3.00 bits per heavy atom. The molecule has 2 heterocycles. The van der Waals surface area contributed by atoms with Gasteiger partial charge in [0.15, 0.2) is 0 Å². The monoisotopic (exact) mass is 220 g/mol. The minimum absolute atomic E-state index is 0.488. The first-order valence-corrected chi connectivity index (χ1v) is 5.83. The second kappa shape index (κ2) is 4.70. The van der Waals surface area contributed by atoms with E-state index in [1.807, 2.05) is 12.1 Å². The molecule has 1 fully saturated rings. The van der Waals surface area contributed by atoms with Gasteiger partial charge in [-0.1, -0.05) is 0 Å². The van der Waals surface area contributed by atoms with Gasteiger partial charge in [-0.25, -0.2) is 4.98 Å². The molecule has 1 aromatic rings. The maximum absolute atomic E-state index is 5.80. The van der Waals surface area contributed by atoms with Crippen LogP contribution in [0.3, 0.4) is 0 Å². The van der Waals surface area contributed by atoms with E-state index in [1.54, 1.807) is 6.20 Å². The highest BCUT2D eigenvalue weighted by Gasteiger charge is 2.20. The smallest absolute Gasteiger partial charge is 0.130 e. The van der Waals surface area contributed by atoms with Crippen LogP contribution in [-0.4, -0.2) is 42.6 Å². The van der Waals surface area contributed by atoms with Crippen LogP contribution >= 0.6 is 0 Å². The molecule has 0 amide bonds. The van der Waals surface area contributed by atoms with Crippen molar-refractivity contribution in [2.45, 2.75) is 19.4 Å². The molecule has 0 saturated carbocycles. The number of pyridine rings is 1. The third-order valence-electron chi connectivity index (χ3n) is 3.11. The molecular formula is C12H20N4. The van der Waals surface area contributed by atoms with Crippen molar-refractivity contribution in [2.24, 2.45) is 0 Å². The van der Waals surface area contributed by atoms with Gasteiger partial charge in [0.25, 0.3) is 0 Å². The molecule has 0 radical (unpaired) electrons. The molecule has 0 aromatic carbocycles. The Balaban J connectivity index is 2.19. The number of aromatic nitrogens is 1. The van der Waals surface area contributed by atoms with Gasteiger partial charge in [-0.05, 0) is 33.0 Å². The Labute approximate surface area is 97.1 Å². The number of nitrogens with zero attached hydrogens (tertiary/aromatic N) is 3. The fourth-order valence-electron chi connectivity index (χ4n) is 2.30. The molecule has 1 atom stereocenters. The second-order valence-electron chi connectivity index (χ2n) is 4.61. The highest BCUT2D eigenvalue weighted by molar-refractivity contribution is 5.50. The Morgan fingerprint density at radius 2 is 2.25 bits per heavy atom. The summed E-state index contributed by atoms with van der Waals surface area (Å²) < 4.78 is 0. The molecule has 4 nitrogen and oxygen atoms in total. The molecule has 1 saturated heterocycles. The highest BCUT2D eigenvalue weighted by atomic mass is 15.3. The van der Waals surface area contributed by atoms with Gasteiger partial charge in [0.2, 0.25) is 0 Å². The van der Waals surface area contributed by atoms with Gasteiger partial charge in [-0.15, -0.1) is 0 Å².